The first-order valence-electron chi connectivity index (χ1n) is 7.49. The number of methoxy groups -OCH3 is 1. The van der Waals surface area contributed by atoms with Gasteiger partial charge in [0.15, 0.2) is 5.96 Å². The predicted molar refractivity (Wildman–Crippen MR) is 99.8 cm³/mol. The highest BCUT2D eigenvalue weighted by atomic mass is 127. The van der Waals surface area contributed by atoms with E-state index < -0.39 is 0 Å². The number of rotatable bonds is 6. The Morgan fingerprint density at radius 3 is 3.14 bits per heavy atom. The van der Waals surface area contributed by atoms with Crippen LogP contribution in [0.1, 0.15) is 25.3 Å². The summed E-state index contributed by atoms with van der Waals surface area (Å²) in [6.45, 7) is 5.88. The highest BCUT2D eigenvalue weighted by Gasteiger charge is 2.22. The zero-order valence-electron chi connectivity index (χ0n) is 13.3. The number of hydrogen-bond donors (Lipinski definition) is 2. The van der Waals surface area contributed by atoms with Gasteiger partial charge in [-0.3, -0.25) is 4.90 Å². The molecule has 0 amide bonds. The summed E-state index contributed by atoms with van der Waals surface area (Å²) >= 11 is 0. The van der Waals surface area contributed by atoms with Crippen molar-refractivity contribution in [2.75, 3.05) is 26.7 Å². The van der Waals surface area contributed by atoms with Gasteiger partial charge in [-0.2, -0.15) is 0 Å². The zero-order valence-corrected chi connectivity index (χ0v) is 15.6. The second-order valence-electron chi connectivity index (χ2n) is 5.21. The van der Waals surface area contributed by atoms with E-state index in [2.05, 4.69) is 27.1 Å². The lowest BCUT2D eigenvalue weighted by Crippen LogP contribution is -2.42. The van der Waals surface area contributed by atoms with Gasteiger partial charge in [-0.25, -0.2) is 9.98 Å². The first-order chi connectivity index (χ1) is 10.2. The van der Waals surface area contributed by atoms with Gasteiger partial charge in [0, 0.05) is 24.8 Å². The van der Waals surface area contributed by atoms with Gasteiger partial charge in [0.25, 0.3) is 0 Å². The fourth-order valence-corrected chi connectivity index (χ4v) is 2.66. The minimum Gasteiger partial charge on any atom is -0.481 e. The van der Waals surface area contributed by atoms with E-state index in [0.29, 0.717) is 24.4 Å². The van der Waals surface area contributed by atoms with E-state index in [0.717, 1.165) is 18.7 Å². The van der Waals surface area contributed by atoms with Crippen LogP contribution in [0.15, 0.2) is 23.3 Å². The Kier molecular flexibility index (Phi) is 8.47. The Morgan fingerprint density at radius 2 is 2.41 bits per heavy atom. The van der Waals surface area contributed by atoms with E-state index in [9.17, 15) is 0 Å². The van der Waals surface area contributed by atoms with Crippen molar-refractivity contribution in [2.45, 2.75) is 32.4 Å². The molecule has 1 aromatic heterocycles. The number of nitrogens with zero attached hydrogens (tertiary/aromatic N) is 3. The summed E-state index contributed by atoms with van der Waals surface area (Å²) in [5, 5.41) is 3.23. The van der Waals surface area contributed by atoms with Crippen molar-refractivity contribution in [3.63, 3.8) is 0 Å². The fraction of sp³-hybridized carbons (Fsp3) is 0.600. The molecule has 0 bridgehead atoms. The van der Waals surface area contributed by atoms with Gasteiger partial charge in [-0.15, -0.1) is 24.0 Å². The summed E-state index contributed by atoms with van der Waals surface area (Å²) in [6, 6.07) is 4.35. The van der Waals surface area contributed by atoms with Crippen LogP contribution in [-0.4, -0.2) is 48.6 Å². The Hall–Kier alpha value is -1.09. The maximum atomic E-state index is 5.93. The molecule has 0 aliphatic carbocycles. The number of ether oxygens (including phenoxy) is 1. The number of nitrogens with two attached hydrogens (primary N) is 1. The molecule has 0 saturated carbocycles. The number of halogens is 1. The molecule has 2 rings (SSSR count). The molecule has 0 aromatic carbocycles. The summed E-state index contributed by atoms with van der Waals surface area (Å²) in [4.78, 5) is 10.9. The number of aromatic nitrogens is 1. The molecular formula is C15H26IN5O. The highest BCUT2D eigenvalue weighted by molar-refractivity contribution is 14.0. The number of aliphatic imine (C=N–C) groups is 1. The van der Waals surface area contributed by atoms with Gasteiger partial charge in [0.05, 0.1) is 13.7 Å². The Balaban J connectivity index is 0.00000242. The molecule has 3 N–H and O–H groups in total. The minimum atomic E-state index is 0. The van der Waals surface area contributed by atoms with Crippen LogP contribution in [0.2, 0.25) is 0 Å². The first kappa shape index (κ1) is 19.0. The van der Waals surface area contributed by atoms with E-state index in [-0.39, 0.29) is 24.0 Å². The van der Waals surface area contributed by atoms with Gasteiger partial charge in [-0.05, 0) is 37.6 Å². The van der Waals surface area contributed by atoms with Crippen molar-refractivity contribution in [1.82, 2.24) is 15.2 Å². The second kappa shape index (κ2) is 9.83. The number of likely N-dealkylation sites (N-methyl/N-ethyl adjacent to an activating group) is 1. The Labute approximate surface area is 149 Å². The molecule has 2 heterocycles. The van der Waals surface area contributed by atoms with Gasteiger partial charge in [0.2, 0.25) is 5.88 Å². The quantitative estimate of drug-likeness (QED) is 0.416. The largest absolute Gasteiger partial charge is 0.481 e. The lowest BCUT2D eigenvalue weighted by atomic mass is 10.2. The fourth-order valence-electron chi connectivity index (χ4n) is 2.66. The highest BCUT2D eigenvalue weighted by Crippen LogP contribution is 2.15. The maximum Gasteiger partial charge on any atom is 0.213 e. The van der Waals surface area contributed by atoms with Crippen LogP contribution >= 0.6 is 24.0 Å². The second-order valence-corrected chi connectivity index (χ2v) is 5.21. The lowest BCUT2D eigenvalue weighted by molar-refractivity contribution is 0.267. The topological polar surface area (TPSA) is 75.8 Å². The number of likely N-dealkylation sites (tertiary alicyclic amines) is 1. The molecule has 1 fully saturated rings. The maximum absolute atomic E-state index is 5.93. The van der Waals surface area contributed by atoms with Crippen molar-refractivity contribution in [2.24, 2.45) is 10.7 Å². The third kappa shape index (κ3) is 5.60. The molecule has 1 saturated heterocycles. The van der Waals surface area contributed by atoms with E-state index in [1.54, 1.807) is 13.3 Å². The summed E-state index contributed by atoms with van der Waals surface area (Å²) in [7, 11) is 1.60. The average Bonchev–Trinajstić information content (AvgIpc) is 2.98. The van der Waals surface area contributed by atoms with Crippen molar-refractivity contribution >= 4 is 29.9 Å². The van der Waals surface area contributed by atoms with Gasteiger partial charge in [0.1, 0.15) is 0 Å². The Bertz CT molecular complexity index is 483. The van der Waals surface area contributed by atoms with Crippen LogP contribution in [0.3, 0.4) is 0 Å². The normalized spacial score (nSPS) is 18.8. The van der Waals surface area contributed by atoms with Crippen LogP contribution in [0.4, 0.5) is 0 Å². The minimum absolute atomic E-state index is 0. The molecule has 0 spiro atoms. The number of guanidine groups is 1. The van der Waals surface area contributed by atoms with Crippen molar-refractivity contribution in [1.29, 1.82) is 0 Å². The van der Waals surface area contributed by atoms with Gasteiger partial charge >= 0.3 is 0 Å². The molecule has 7 heteroatoms. The summed E-state index contributed by atoms with van der Waals surface area (Å²) < 4.78 is 5.09. The lowest BCUT2D eigenvalue weighted by Gasteiger charge is -2.23. The molecule has 1 aliphatic rings. The van der Waals surface area contributed by atoms with E-state index in [1.807, 2.05) is 12.1 Å². The summed E-state index contributed by atoms with van der Waals surface area (Å²) in [5.41, 5.74) is 6.96. The molecule has 124 valence electrons. The van der Waals surface area contributed by atoms with Crippen LogP contribution < -0.4 is 15.8 Å². The van der Waals surface area contributed by atoms with E-state index >= 15 is 0 Å². The van der Waals surface area contributed by atoms with Crippen molar-refractivity contribution < 1.29 is 4.74 Å². The van der Waals surface area contributed by atoms with Crippen LogP contribution in [0.25, 0.3) is 0 Å². The third-order valence-electron chi connectivity index (χ3n) is 3.86. The van der Waals surface area contributed by atoms with Crippen molar-refractivity contribution in [3.8, 4) is 5.88 Å². The zero-order chi connectivity index (χ0) is 15.1. The third-order valence-corrected chi connectivity index (χ3v) is 3.86. The smallest absolute Gasteiger partial charge is 0.213 e. The van der Waals surface area contributed by atoms with E-state index in [1.165, 1.54) is 19.4 Å². The summed E-state index contributed by atoms with van der Waals surface area (Å²) in [6.07, 6.45) is 4.22. The predicted octanol–water partition coefficient (Wildman–Crippen LogP) is 1.60. The molecule has 1 aliphatic heterocycles. The summed E-state index contributed by atoms with van der Waals surface area (Å²) in [5.74, 6) is 1.09. The van der Waals surface area contributed by atoms with Gasteiger partial charge < -0.3 is 15.8 Å². The molecule has 1 unspecified atom stereocenters. The van der Waals surface area contributed by atoms with Crippen LogP contribution in [-0.2, 0) is 6.54 Å². The molecule has 0 radical (unpaired) electrons. The average molecular weight is 419 g/mol. The molecule has 22 heavy (non-hydrogen) atoms. The van der Waals surface area contributed by atoms with Crippen LogP contribution in [0.5, 0.6) is 5.88 Å². The van der Waals surface area contributed by atoms with Crippen molar-refractivity contribution in [3.05, 3.63) is 23.9 Å². The molecular weight excluding hydrogens is 393 g/mol. The number of hydrogen-bond acceptors (Lipinski definition) is 4. The van der Waals surface area contributed by atoms with E-state index in [4.69, 9.17) is 10.5 Å². The first-order valence-corrected chi connectivity index (χ1v) is 7.49. The SMILES string of the molecule is CCN1CCCC1CNC(N)=NCc1ccnc(OC)c1.I. The van der Waals surface area contributed by atoms with Gasteiger partial charge in [-0.1, -0.05) is 6.92 Å². The number of pyridine rings is 1. The number of nitrogens with one attached hydrogen (secondary N) is 1. The van der Waals surface area contributed by atoms with Crippen LogP contribution in [0, 0.1) is 0 Å². The molecule has 1 aromatic rings. The monoisotopic (exact) mass is 419 g/mol. The Morgan fingerprint density at radius 1 is 1.59 bits per heavy atom. The molecule has 1 atom stereocenters. The standard InChI is InChI=1S/C15H25N5O.HI/c1-3-20-8-4-5-13(20)11-19-15(16)18-10-12-6-7-17-14(9-12)21-2;/h6-7,9,13H,3-5,8,10-11H2,1-2H3,(H3,16,18,19);1H. The molecule has 6 nitrogen and oxygen atoms in total.